The third kappa shape index (κ3) is 4.27. The number of aromatic nitrogens is 2. The maximum atomic E-state index is 12.4. The molecule has 3 rings (SSSR count). The van der Waals surface area contributed by atoms with Crippen LogP contribution < -0.4 is 20.1 Å². The first-order chi connectivity index (χ1) is 12.7. The van der Waals surface area contributed by atoms with E-state index in [4.69, 9.17) is 9.47 Å². The maximum absolute atomic E-state index is 12.4. The lowest BCUT2D eigenvalue weighted by atomic mass is 10.2. The summed E-state index contributed by atoms with van der Waals surface area (Å²) in [7, 11) is 3.07. The Bertz CT molecular complexity index is 883. The van der Waals surface area contributed by atoms with E-state index in [1.165, 1.54) is 7.11 Å². The molecular weight excluding hydrogens is 332 g/mol. The highest BCUT2D eigenvalue weighted by molar-refractivity contribution is 6.03. The summed E-state index contributed by atoms with van der Waals surface area (Å²) in [4.78, 5) is 20.9. The fourth-order valence-electron chi connectivity index (χ4n) is 2.23. The van der Waals surface area contributed by atoms with Gasteiger partial charge in [-0.2, -0.15) is 9.97 Å². The Morgan fingerprint density at radius 3 is 2.31 bits per heavy atom. The minimum Gasteiger partial charge on any atom is -0.497 e. The topological polar surface area (TPSA) is 85.4 Å². The average Bonchev–Trinajstić information content (AvgIpc) is 2.68. The molecule has 0 saturated carbocycles. The van der Waals surface area contributed by atoms with Crippen LogP contribution >= 0.6 is 0 Å². The molecule has 132 valence electrons. The second-order valence-electron chi connectivity index (χ2n) is 5.29. The number of anilines is 3. The van der Waals surface area contributed by atoms with Crippen LogP contribution in [0, 0.1) is 0 Å². The minimum absolute atomic E-state index is 0.142. The van der Waals surface area contributed by atoms with Crippen molar-refractivity contribution in [1.29, 1.82) is 0 Å². The van der Waals surface area contributed by atoms with Gasteiger partial charge in [-0.3, -0.25) is 10.1 Å². The summed E-state index contributed by atoms with van der Waals surface area (Å²) in [5, 5.41) is 5.82. The second-order valence-corrected chi connectivity index (χ2v) is 5.29. The monoisotopic (exact) mass is 350 g/mol. The lowest BCUT2D eigenvalue weighted by Crippen LogP contribution is -2.15. The summed E-state index contributed by atoms with van der Waals surface area (Å²) < 4.78 is 10.3. The number of hydrogen-bond acceptors (Lipinski definition) is 6. The molecule has 0 aliphatic heterocycles. The Balaban J connectivity index is 1.79. The van der Waals surface area contributed by atoms with Crippen molar-refractivity contribution in [2.45, 2.75) is 0 Å². The summed E-state index contributed by atoms with van der Waals surface area (Å²) in [6.07, 6.45) is 0. The van der Waals surface area contributed by atoms with Crippen molar-refractivity contribution in [3.63, 3.8) is 0 Å². The summed E-state index contributed by atoms with van der Waals surface area (Å²) in [5.74, 6) is 1.33. The molecule has 0 aliphatic rings. The fourth-order valence-corrected chi connectivity index (χ4v) is 2.23. The number of hydrogen-bond donors (Lipinski definition) is 2. The number of amides is 1. The van der Waals surface area contributed by atoms with Crippen molar-refractivity contribution in [3.8, 4) is 11.6 Å². The molecule has 1 amide bonds. The average molecular weight is 350 g/mol. The van der Waals surface area contributed by atoms with Crippen LogP contribution in [0.1, 0.15) is 10.4 Å². The van der Waals surface area contributed by atoms with E-state index >= 15 is 0 Å². The fraction of sp³-hybridized carbons (Fsp3) is 0.105. The molecule has 7 nitrogen and oxygen atoms in total. The van der Waals surface area contributed by atoms with E-state index in [-0.39, 0.29) is 11.9 Å². The molecule has 0 atom stereocenters. The van der Waals surface area contributed by atoms with Gasteiger partial charge in [0, 0.05) is 17.3 Å². The Hall–Kier alpha value is -3.61. The van der Waals surface area contributed by atoms with Crippen LogP contribution in [0.4, 0.5) is 17.5 Å². The van der Waals surface area contributed by atoms with E-state index < -0.39 is 0 Å². The third-order valence-corrected chi connectivity index (χ3v) is 3.54. The van der Waals surface area contributed by atoms with E-state index in [1.807, 2.05) is 30.3 Å². The highest BCUT2D eigenvalue weighted by Gasteiger charge is 2.11. The molecule has 7 heteroatoms. The van der Waals surface area contributed by atoms with Crippen molar-refractivity contribution in [1.82, 2.24) is 9.97 Å². The Morgan fingerprint density at radius 1 is 0.923 bits per heavy atom. The summed E-state index contributed by atoms with van der Waals surface area (Å²) in [6.45, 7) is 0. The van der Waals surface area contributed by atoms with Crippen LogP contribution in [-0.4, -0.2) is 30.1 Å². The van der Waals surface area contributed by atoms with Gasteiger partial charge in [0.2, 0.25) is 11.8 Å². The molecule has 0 bridgehead atoms. The van der Waals surface area contributed by atoms with Crippen LogP contribution in [0.3, 0.4) is 0 Å². The van der Waals surface area contributed by atoms with Crippen LogP contribution in [0.25, 0.3) is 0 Å². The van der Waals surface area contributed by atoms with Crippen LogP contribution in [0.5, 0.6) is 11.6 Å². The van der Waals surface area contributed by atoms with Gasteiger partial charge in [-0.05, 0) is 36.4 Å². The molecule has 1 aromatic heterocycles. The van der Waals surface area contributed by atoms with Crippen molar-refractivity contribution in [2.75, 3.05) is 24.9 Å². The number of nitrogens with zero attached hydrogens (tertiary/aromatic N) is 2. The van der Waals surface area contributed by atoms with Crippen molar-refractivity contribution < 1.29 is 14.3 Å². The zero-order valence-corrected chi connectivity index (χ0v) is 14.4. The molecule has 2 N–H and O–H groups in total. The van der Waals surface area contributed by atoms with Gasteiger partial charge in [0.25, 0.3) is 5.91 Å². The lowest BCUT2D eigenvalue weighted by Gasteiger charge is -2.10. The standard InChI is InChI=1S/C19H18N4O3/c1-25-15-10-8-13(9-11-15)18(24)23-19-21-16(12-17(22-19)26-2)20-14-6-4-3-5-7-14/h3-12H,1-2H3,(H2,20,21,22,23,24). The molecule has 0 fully saturated rings. The number of ether oxygens (including phenoxy) is 2. The van der Waals surface area contributed by atoms with Crippen LogP contribution in [0.2, 0.25) is 0 Å². The Kier molecular flexibility index (Phi) is 5.28. The van der Waals surface area contributed by atoms with Gasteiger partial charge < -0.3 is 14.8 Å². The summed E-state index contributed by atoms with van der Waals surface area (Å²) in [6, 6.07) is 18.0. The first kappa shape index (κ1) is 17.2. The Morgan fingerprint density at radius 2 is 1.65 bits per heavy atom. The molecule has 0 spiro atoms. The van der Waals surface area contributed by atoms with Gasteiger partial charge in [0.1, 0.15) is 11.6 Å². The summed E-state index contributed by atoms with van der Waals surface area (Å²) >= 11 is 0. The highest BCUT2D eigenvalue weighted by Crippen LogP contribution is 2.20. The largest absolute Gasteiger partial charge is 0.497 e. The molecule has 0 unspecified atom stereocenters. The predicted molar refractivity (Wildman–Crippen MR) is 99.3 cm³/mol. The second kappa shape index (κ2) is 7.98. The zero-order chi connectivity index (χ0) is 18.4. The number of rotatable bonds is 6. The van der Waals surface area contributed by atoms with Crippen LogP contribution in [0.15, 0.2) is 60.7 Å². The van der Waals surface area contributed by atoms with Gasteiger partial charge in [-0.15, -0.1) is 0 Å². The smallest absolute Gasteiger partial charge is 0.258 e. The quantitative estimate of drug-likeness (QED) is 0.708. The SMILES string of the molecule is COc1ccc(C(=O)Nc2nc(Nc3ccccc3)cc(OC)n2)cc1. The van der Waals surface area contributed by atoms with E-state index in [2.05, 4.69) is 20.6 Å². The van der Waals surface area contributed by atoms with Crippen molar-refractivity contribution >= 4 is 23.4 Å². The summed E-state index contributed by atoms with van der Waals surface area (Å²) in [5.41, 5.74) is 1.33. The molecule has 2 aromatic carbocycles. The lowest BCUT2D eigenvalue weighted by molar-refractivity contribution is 0.102. The van der Waals surface area contributed by atoms with Gasteiger partial charge in [0.05, 0.1) is 14.2 Å². The molecule has 0 radical (unpaired) electrons. The normalized spacial score (nSPS) is 10.1. The number of carbonyl (C=O) groups excluding carboxylic acids is 1. The predicted octanol–water partition coefficient (Wildman–Crippen LogP) is 3.49. The van der Waals surface area contributed by atoms with Crippen molar-refractivity contribution in [2.24, 2.45) is 0 Å². The number of methoxy groups -OCH3 is 2. The number of nitrogens with one attached hydrogen (secondary N) is 2. The number of carbonyl (C=O) groups is 1. The third-order valence-electron chi connectivity index (χ3n) is 3.54. The van der Waals surface area contributed by atoms with Gasteiger partial charge in [0.15, 0.2) is 0 Å². The minimum atomic E-state index is -0.327. The first-order valence-electron chi connectivity index (χ1n) is 7.88. The maximum Gasteiger partial charge on any atom is 0.258 e. The van der Waals surface area contributed by atoms with E-state index in [0.29, 0.717) is 23.0 Å². The molecule has 26 heavy (non-hydrogen) atoms. The first-order valence-corrected chi connectivity index (χ1v) is 7.88. The van der Waals surface area contributed by atoms with E-state index in [1.54, 1.807) is 37.4 Å². The molecule has 1 heterocycles. The zero-order valence-electron chi connectivity index (χ0n) is 14.4. The van der Waals surface area contributed by atoms with Gasteiger partial charge in [-0.1, -0.05) is 18.2 Å². The molecular formula is C19H18N4O3. The number of benzene rings is 2. The molecule has 0 aliphatic carbocycles. The molecule has 3 aromatic rings. The number of para-hydroxylation sites is 1. The van der Waals surface area contributed by atoms with Gasteiger partial charge >= 0.3 is 0 Å². The van der Waals surface area contributed by atoms with Gasteiger partial charge in [-0.25, -0.2) is 0 Å². The molecule has 0 saturated heterocycles. The van der Waals surface area contributed by atoms with E-state index in [0.717, 1.165) is 5.69 Å². The highest BCUT2D eigenvalue weighted by atomic mass is 16.5. The van der Waals surface area contributed by atoms with E-state index in [9.17, 15) is 4.79 Å². The Labute approximate surface area is 151 Å². The van der Waals surface area contributed by atoms with Crippen molar-refractivity contribution in [3.05, 3.63) is 66.2 Å². The van der Waals surface area contributed by atoms with Crippen LogP contribution in [-0.2, 0) is 0 Å².